The smallest absolute Gasteiger partial charge is 0.251 e. The fourth-order valence-electron chi connectivity index (χ4n) is 2.22. The van der Waals surface area contributed by atoms with Crippen LogP contribution in [0.1, 0.15) is 18.9 Å². The lowest BCUT2D eigenvalue weighted by atomic mass is 10.2. The number of halogens is 2. The summed E-state index contributed by atoms with van der Waals surface area (Å²) >= 11 is 3.17. The van der Waals surface area contributed by atoms with E-state index in [2.05, 4.69) is 15.9 Å². The summed E-state index contributed by atoms with van der Waals surface area (Å²) in [6, 6.07) is 4.75. The Labute approximate surface area is 111 Å². The summed E-state index contributed by atoms with van der Waals surface area (Å²) < 4.78 is 21.0. The van der Waals surface area contributed by atoms with Crippen LogP contribution in [0.5, 0.6) is 5.75 Å². The zero-order valence-electron chi connectivity index (χ0n) is 9.74. The molecule has 2 aromatic rings. The Morgan fingerprint density at radius 1 is 1.44 bits per heavy atom. The minimum atomic E-state index is -0.389. The van der Waals surface area contributed by atoms with Crippen molar-refractivity contribution in [3.63, 3.8) is 0 Å². The molecule has 0 amide bonds. The molecule has 0 aliphatic heterocycles. The first kappa shape index (κ1) is 11.7. The fraction of sp³-hybridized carbons (Fsp3) is 0.308. The summed E-state index contributed by atoms with van der Waals surface area (Å²) in [5, 5.41) is 0.680. The average Bonchev–Trinajstić information content (AvgIpc) is 3.16. The van der Waals surface area contributed by atoms with Gasteiger partial charge in [-0.05, 0) is 40.9 Å². The summed E-state index contributed by atoms with van der Waals surface area (Å²) in [5.74, 6) is -0.00468. The predicted molar refractivity (Wildman–Crippen MR) is 70.7 cm³/mol. The highest BCUT2D eigenvalue weighted by Gasteiger charge is 2.28. The summed E-state index contributed by atoms with van der Waals surface area (Å²) in [5.41, 5.74) is 0.600. The molecule has 1 heterocycles. The first-order valence-electron chi connectivity index (χ1n) is 5.70. The van der Waals surface area contributed by atoms with Gasteiger partial charge in [0, 0.05) is 17.5 Å². The van der Waals surface area contributed by atoms with E-state index in [0.29, 0.717) is 16.7 Å². The standard InChI is InChI=1S/C13H11BrFNO2/c1-18-13-11(14)9(15)6-7-2-5-10(17)16(12(7)13)8-3-4-8/h2,5-6,8H,3-4H2,1H3. The fourth-order valence-corrected chi connectivity index (χ4v) is 2.68. The number of aromatic nitrogens is 1. The molecule has 18 heavy (non-hydrogen) atoms. The van der Waals surface area contributed by atoms with Crippen molar-refractivity contribution in [2.45, 2.75) is 18.9 Å². The maximum absolute atomic E-state index is 13.7. The zero-order chi connectivity index (χ0) is 12.9. The van der Waals surface area contributed by atoms with Crippen LogP contribution >= 0.6 is 15.9 Å². The van der Waals surface area contributed by atoms with Gasteiger partial charge in [0.05, 0.1) is 17.1 Å². The van der Waals surface area contributed by atoms with Crippen LogP contribution in [0.15, 0.2) is 27.5 Å². The lowest BCUT2D eigenvalue weighted by Crippen LogP contribution is -2.18. The van der Waals surface area contributed by atoms with E-state index in [9.17, 15) is 9.18 Å². The topological polar surface area (TPSA) is 31.2 Å². The van der Waals surface area contributed by atoms with Gasteiger partial charge in [-0.1, -0.05) is 0 Å². The Hall–Kier alpha value is -1.36. The molecule has 1 fully saturated rings. The highest BCUT2D eigenvalue weighted by molar-refractivity contribution is 9.10. The van der Waals surface area contributed by atoms with Crippen molar-refractivity contribution in [1.82, 2.24) is 4.57 Å². The molecule has 0 spiro atoms. The predicted octanol–water partition coefficient (Wildman–Crippen LogP) is 3.25. The normalized spacial score (nSPS) is 15.1. The third-order valence-electron chi connectivity index (χ3n) is 3.18. The molecule has 3 rings (SSSR count). The van der Waals surface area contributed by atoms with E-state index in [1.165, 1.54) is 19.2 Å². The molecule has 0 N–H and O–H groups in total. The molecule has 3 nitrogen and oxygen atoms in total. The number of fused-ring (bicyclic) bond motifs is 1. The van der Waals surface area contributed by atoms with Crippen LogP contribution in [0.4, 0.5) is 4.39 Å². The van der Waals surface area contributed by atoms with Gasteiger partial charge in [0.25, 0.3) is 5.56 Å². The molecule has 0 radical (unpaired) electrons. The zero-order valence-corrected chi connectivity index (χ0v) is 11.3. The minimum absolute atomic E-state index is 0.0678. The number of benzene rings is 1. The maximum atomic E-state index is 13.7. The highest BCUT2D eigenvalue weighted by atomic mass is 79.9. The Morgan fingerprint density at radius 3 is 2.78 bits per heavy atom. The van der Waals surface area contributed by atoms with Crippen molar-refractivity contribution in [2.75, 3.05) is 7.11 Å². The molecular formula is C13H11BrFNO2. The number of pyridine rings is 1. The largest absolute Gasteiger partial charge is 0.493 e. The van der Waals surface area contributed by atoms with E-state index in [-0.39, 0.29) is 21.9 Å². The first-order valence-corrected chi connectivity index (χ1v) is 6.50. The van der Waals surface area contributed by atoms with Gasteiger partial charge < -0.3 is 9.30 Å². The van der Waals surface area contributed by atoms with Crippen molar-refractivity contribution >= 4 is 26.8 Å². The van der Waals surface area contributed by atoms with Crippen LogP contribution in [-0.4, -0.2) is 11.7 Å². The van der Waals surface area contributed by atoms with Crippen LogP contribution < -0.4 is 10.3 Å². The lowest BCUT2D eigenvalue weighted by Gasteiger charge is -2.14. The number of methoxy groups -OCH3 is 1. The van der Waals surface area contributed by atoms with Crippen LogP contribution in [0.25, 0.3) is 10.9 Å². The molecule has 0 atom stereocenters. The highest BCUT2D eigenvalue weighted by Crippen LogP contribution is 2.41. The third kappa shape index (κ3) is 1.65. The number of nitrogens with zero attached hydrogens (tertiary/aromatic N) is 1. The van der Waals surface area contributed by atoms with Crippen LogP contribution in [0.2, 0.25) is 0 Å². The van der Waals surface area contributed by atoms with Gasteiger partial charge in [-0.15, -0.1) is 0 Å². The van der Waals surface area contributed by atoms with Crippen molar-refractivity contribution in [3.8, 4) is 5.75 Å². The van der Waals surface area contributed by atoms with E-state index in [0.717, 1.165) is 12.8 Å². The molecular weight excluding hydrogens is 301 g/mol. The van der Waals surface area contributed by atoms with E-state index in [4.69, 9.17) is 4.74 Å². The molecule has 1 aromatic heterocycles. The maximum Gasteiger partial charge on any atom is 0.251 e. The quantitative estimate of drug-likeness (QED) is 0.852. The second-order valence-corrected chi connectivity index (χ2v) is 5.21. The van der Waals surface area contributed by atoms with Crippen LogP contribution in [0, 0.1) is 5.82 Å². The Kier molecular flexibility index (Phi) is 2.66. The number of hydrogen-bond acceptors (Lipinski definition) is 2. The SMILES string of the molecule is COc1c(Br)c(F)cc2ccc(=O)n(C3CC3)c12. The van der Waals surface area contributed by atoms with Gasteiger partial charge in [-0.2, -0.15) is 0 Å². The second-order valence-electron chi connectivity index (χ2n) is 4.42. The van der Waals surface area contributed by atoms with Gasteiger partial charge in [0.2, 0.25) is 0 Å². The number of rotatable bonds is 2. The molecule has 0 bridgehead atoms. The van der Waals surface area contributed by atoms with Crippen molar-refractivity contribution < 1.29 is 9.13 Å². The molecule has 0 saturated heterocycles. The molecule has 1 aliphatic carbocycles. The molecule has 1 saturated carbocycles. The molecule has 1 aromatic carbocycles. The molecule has 0 unspecified atom stereocenters. The van der Waals surface area contributed by atoms with Gasteiger partial charge in [0.1, 0.15) is 5.82 Å². The lowest BCUT2D eigenvalue weighted by molar-refractivity contribution is 0.410. The van der Waals surface area contributed by atoms with Gasteiger partial charge in [-0.25, -0.2) is 4.39 Å². The third-order valence-corrected chi connectivity index (χ3v) is 3.92. The van der Waals surface area contributed by atoms with Crippen molar-refractivity contribution in [2.24, 2.45) is 0 Å². The second kappa shape index (κ2) is 4.09. The number of hydrogen-bond donors (Lipinski definition) is 0. The Balaban J connectivity index is 2.48. The molecule has 5 heteroatoms. The van der Waals surface area contributed by atoms with E-state index >= 15 is 0 Å². The van der Waals surface area contributed by atoms with Gasteiger partial charge >= 0.3 is 0 Å². The monoisotopic (exact) mass is 311 g/mol. The van der Waals surface area contributed by atoms with Crippen molar-refractivity contribution in [3.05, 3.63) is 38.8 Å². The van der Waals surface area contributed by atoms with Crippen molar-refractivity contribution in [1.29, 1.82) is 0 Å². The first-order chi connectivity index (χ1) is 8.63. The minimum Gasteiger partial charge on any atom is -0.493 e. The number of ether oxygens (including phenoxy) is 1. The summed E-state index contributed by atoms with van der Waals surface area (Å²) in [7, 11) is 1.48. The van der Waals surface area contributed by atoms with Gasteiger partial charge in [0.15, 0.2) is 5.75 Å². The molecule has 94 valence electrons. The summed E-state index contributed by atoms with van der Waals surface area (Å²) in [6.45, 7) is 0. The summed E-state index contributed by atoms with van der Waals surface area (Å²) in [6.07, 6.45) is 1.97. The van der Waals surface area contributed by atoms with Gasteiger partial charge in [-0.3, -0.25) is 4.79 Å². The average molecular weight is 312 g/mol. The van der Waals surface area contributed by atoms with E-state index in [1.807, 2.05) is 0 Å². The molecule has 1 aliphatic rings. The van der Waals surface area contributed by atoms with Crippen LogP contribution in [-0.2, 0) is 0 Å². The Morgan fingerprint density at radius 2 is 2.17 bits per heavy atom. The Bertz CT molecular complexity index is 691. The van der Waals surface area contributed by atoms with E-state index in [1.54, 1.807) is 10.6 Å². The van der Waals surface area contributed by atoms with E-state index < -0.39 is 0 Å². The summed E-state index contributed by atoms with van der Waals surface area (Å²) in [4.78, 5) is 12.0. The van der Waals surface area contributed by atoms with Crippen LogP contribution in [0.3, 0.4) is 0 Å².